The zero-order valence-electron chi connectivity index (χ0n) is 11.8. The number of nitrogens with zero attached hydrogens (tertiary/aromatic N) is 1. The Hall–Kier alpha value is -0.970. The number of fused-ring (bicyclic) bond motifs is 1. The number of benzene rings is 1. The van der Waals surface area contributed by atoms with E-state index in [1.54, 1.807) is 0 Å². The number of hydrogen-bond acceptors (Lipinski definition) is 4. The van der Waals surface area contributed by atoms with Gasteiger partial charge in [0.05, 0.1) is 6.04 Å². The number of hydrogen-bond donors (Lipinski definition) is 1. The van der Waals surface area contributed by atoms with Crippen LogP contribution >= 0.6 is 11.8 Å². The van der Waals surface area contributed by atoms with E-state index in [-0.39, 0.29) is 6.04 Å². The number of nitrogens with two attached hydrogens (primary N) is 1. The molecule has 0 saturated heterocycles. The second-order valence-corrected chi connectivity index (χ2v) is 5.78. The van der Waals surface area contributed by atoms with Gasteiger partial charge in [-0.15, -0.1) is 0 Å². The van der Waals surface area contributed by atoms with Crippen molar-refractivity contribution in [1.29, 1.82) is 0 Å². The molecule has 2 aromatic rings. The van der Waals surface area contributed by atoms with Gasteiger partial charge < -0.3 is 10.2 Å². The average molecular weight is 278 g/mol. The molecule has 104 valence electrons. The lowest BCUT2D eigenvalue weighted by Crippen LogP contribution is -2.32. The summed E-state index contributed by atoms with van der Waals surface area (Å²) in [4.78, 5) is 2.32. The van der Waals surface area contributed by atoms with Gasteiger partial charge in [-0.3, -0.25) is 4.90 Å². The van der Waals surface area contributed by atoms with Crippen molar-refractivity contribution in [3.8, 4) is 0 Å². The van der Waals surface area contributed by atoms with Crippen molar-refractivity contribution in [3.05, 3.63) is 35.6 Å². The van der Waals surface area contributed by atoms with Crippen molar-refractivity contribution in [2.45, 2.75) is 13.0 Å². The molecule has 3 nitrogen and oxygen atoms in total. The number of aryl methyl sites for hydroxylation is 1. The number of thioether (sulfide) groups is 1. The zero-order valence-corrected chi connectivity index (χ0v) is 12.7. The zero-order chi connectivity index (χ0) is 13.8. The number of rotatable bonds is 6. The van der Waals surface area contributed by atoms with Crippen LogP contribution in [0.25, 0.3) is 11.0 Å². The first-order chi connectivity index (χ1) is 9.19. The molecule has 1 atom stereocenters. The Labute approximate surface area is 119 Å². The van der Waals surface area contributed by atoms with Gasteiger partial charge >= 0.3 is 0 Å². The average Bonchev–Trinajstić information content (AvgIpc) is 2.74. The Morgan fingerprint density at radius 2 is 2.11 bits per heavy atom. The van der Waals surface area contributed by atoms with Crippen LogP contribution in [0, 0.1) is 6.92 Å². The van der Waals surface area contributed by atoms with Gasteiger partial charge in [-0.05, 0) is 26.3 Å². The van der Waals surface area contributed by atoms with Gasteiger partial charge in [-0.2, -0.15) is 11.8 Å². The molecular weight excluding hydrogens is 256 g/mol. The molecule has 1 heterocycles. The van der Waals surface area contributed by atoms with Crippen LogP contribution in [-0.2, 0) is 0 Å². The van der Waals surface area contributed by atoms with Crippen molar-refractivity contribution in [2.24, 2.45) is 5.73 Å². The molecule has 2 rings (SSSR count). The Kier molecular flexibility index (Phi) is 4.91. The normalized spacial score (nSPS) is 13.3. The summed E-state index contributed by atoms with van der Waals surface area (Å²) >= 11 is 1.86. The molecule has 0 fully saturated rings. The minimum atomic E-state index is 0.218. The third kappa shape index (κ3) is 2.96. The highest BCUT2D eigenvalue weighted by atomic mass is 32.2. The maximum Gasteiger partial charge on any atom is 0.134 e. The standard InChI is InChI=1S/C15H22N2OS/c1-11-15(12-6-4-5-7-14(12)18-11)13(10-16)17(2)8-9-19-3/h4-7,13H,8-10,16H2,1-3H3. The quantitative estimate of drug-likeness (QED) is 0.882. The van der Waals surface area contributed by atoms with E-state index in [9.17, 15) is 0 Å². The second kappa shape index (κ2) is 6.46. The molecule has 2 N–H and O–H groups in total. The first-order valence-corrected chi connectivity index (χ1v) is 7.95. The van der Waals surface area contributed by atoms with Gasteiger partial charge in [-0.1, -0.05) is 18.2 Å². The van der Waals surface area contributed by atoms with Crippen molar-refractivity contribution in [1.82, 2.24) is 4.90 Å². The summed E-state index contributed by atoms with van der Waals surface area (Å²) in [6, 6.07) is 8.41. The lowest BCUT2D eigenvalue weighted by Gasteiger charge is -2.26. The lowest BCUT2D eigenvalue weighted by atomic mass is 10.0. The van der Waals surface area contributed by atoms with Gasteiger partial charge in [0, 0.05) is 29.8 Å². The number of likely N-dealkylation sites (N-methyl/N-ethyl adjacent to an activating group) is 1. The van der Waals surface area contributed by atoms with E-state index in [2.05, 4.69) is 30.3 Å². The van der Waals surface area contributed by atoms with Crippen LogP contribution in [0.4, 0.5) is 0 Å². The molecule has 1 aromatic carbocycles. The van der Waals surface area contributed by atoms with Gasteiger partial charge in [0.25, 0.3) is 0 Å². The number of furan rings is 1. The molecule has 0 bridgehead atoms. The summed E-state index contributed by atoms with van der Waals surface area (Å²) in [5, 5.41) is 1.19. The summed E-state index contributed by atoms with van der Waals surface area (Å²) < 4.78 is 5.85. The summed E-state index contributed by atoms with van der Waals surface area (Å²) in [7, 11) is 2.13. The molecule has 1 aromatic heterocycles. The third-order valence-electron chi connectivity index (χ3n) is 3.56. The van der Waals surface area contributed by atoms with Crippen molar-refractivity contribution < 1.29 is 4.42 Å². The van der Waals surface area contributed by atoms with Crippen LogP contribution < -0.4 is 5.73 Å². The maximum absolute atomic E-state index is 6.01. The largest absolute Gasteiger partial charge is 0.461 e. The highest BCUT2D eigenvalue weighted by molar-refractivity contribution is 7.98. The van der Waals surface area contributed by atoms with E-state index in [0.29, 0.717) is 6.54 Å². The molecular formula is C15H22N2OS. The fourth-order valence-corrected chi connectivity index (χ4v) is 2.98. The first-order valence-electron chi connectivity index (χ1n) is 6.56. The molecule has 0 spiro atoms. The van der Waals surface area contributed by atoms with E-state index in [4.69, 9.17) is 10.2 Å². The van der Waals surface area contributed by atoms with Crippen LogP contribution in [0.1, 0.15) is 17.4 Å². The SMILES string of the molecule is CSCCN(C)C(CN)c1c(C)oc2ccccc12. The van der Waals surface area contributed by atoms with Crippen LogP contribution in [0.2, 0.25) is 0 Å². The summed E-state index contributed by atoms with van der Waals surface area (Å²) in [5.74, 6) is 2.09. The smallest absolute Gasteiger partial charge is 0.134 e. The minimum absolute atomic E-state index is 0.218. The number of para-hydroxylation sites is 1. The minimum Gasteiger partial charge on any atom is -0.461 e. The second-order valence-electron chi connectivity index (χ2n) is 4.79. The molecule has 4 heteroatoms. The van der Waals surface area contributed by atoms with Gasteiger partial charge in [0.1, 0.15) is 11.3 Å². The molecule has 0 aliphatic carbocycles. The third-order valence-corrected chi connectivity index (χ3v) is 4.15. The van der Waals surface area contributed by atoms with Gasteiger partial charge in [0.15, 0.2) is 0 Å². The predicted octanol–water partition coefficient (Wildman–Crippen LogP) is 3.04. The van der Waals surface area contributed by atoms with E-state index >= 15 is 0 Å². The molecule has 0 amide bonds. The van der Waals surface area contributed by atoms with Crippen molar-refractivity contribution in [3.63, 3.8) is 0 Å². The highest BCUT2D eigenvalue weighted by Gasteiger charge is 2.22. The molecule has 0 aliphatic heterocycles. The highest BCUT2D eigenvalue weighted by Crippen LogP contribution is 2.32. The fraction of sp³-hybridized carbons (Fsp3) is 0.467. The Morgan fingerprint density at radius 1 is 1.37 bits per heavy atom. The summed E-state index contributed by atoms with van der Waals surface area (Å²) in [6.45, 7) is 3.66. The maximum atomic E-state index is 6.01. The van der Waals surface area contributed by atoms with Gasteiger partial charge in [0.2, 0.25) is 0 Å². The predicted molar refractivity (Wildman–Crippen MR) is 83.8 cm³/mol. The molecule has 0 radical (unpaired) electrons. The van der Waals surface area contributed by atoms with Crippen molar-refractivity contribution >= 4 is 22.7 Å². The topological polar surface area (TPSA) is 42.4 Å². The lowest BCUT2D eigenvalue weighted by molar-refractivity contribution is 0.264. The van der Waals surface area contributed by atoms with Crippen LogP contribution in [-0.4, -0.2) is 37.0 Å². The van der Waals surface area contributed by atoms with E-state index < -0.39 is 0 Å². The monoisotopic (exact) mass is 278 g/mol. The fourth-order valence-electron chi connectivity index (χ4n) is 2.51. The van der Waals surface area contributed by atoms with Crippen LogP contribution in [0.15, 0.2) is 28.7 Å². The van der Waals surface area contributed by atoms with E-state index in [1.807, 2.05) is 30.8 Å². The van der Waals surface area contributed by atoms with Gasteiger partial charge in [-0.25, -0.2) is 0 Å². The first kappa shape index (κ1) is 14.4. The summed E-state index contributed by atoms with van der Waals surface area (Å²) in [5.41, 5.74) is 8.19. The Bertz CT molecular complexity index is 538. The molecule has 0 aliphatic rings. The molecule has 0 saturated carbocycles. The Balaban J connectivity index is 2.37. The summed E-state index contributed by atoms with van der Waals surface area (Å²) in [6.07, 6.45) is 2.13. The van der Waals surface area contributed by atoms with E-state index in [0.717, 1.165) is 23.6 Å². The Morgan fingerprint density at radius 3 is 2.79 bits per heavy atom. The van der Waals surface area contributed by atoms with Crippen LogP contribution in [0.3, 0.4) is 0 Å². The molecule has 1 unspecified atom stereocenters. The van der Waals surface area contributed by atoms with Crippen molar-refractivity contribution in [2.75, 3.05) is 32.1 Å². The molecule has 19 heavy (non-hydrogen) atoms. The van der Waals surface area contributed by atoms with E-state index in [1.165, 1.54) is 10.9 Å². The van der Waals surface area contributed by atoms with Crippen LogP contribution in [0.5, 0.6) is 0 Å².